The van der Waals surface area contributed by atoms with Gasteiger partial charge in [0.15, 0.2) is 0 Å². The fourth-order valence-corrected chi connectivity index (χ4v) is 3.42. The summed E-state index contributed by atoms with van der Waals surface area (Å²) in [6.45, 7) is 2.09. The normalized spacial score (nSPS) is 16.2. The molecule has 1 aliphatic rings. The second-order valence-electron chi connectivity index (χ2n) is 6.16. The average molecular weight is 346 g/mol. The number of hydrogen-bond donors (Lipinski definition) is 1. The van der Waals surface area contributed by atoms with Gasteiger partial charge < -0.3 is 5.73 Å². The summed E-state index contributed by atoms with van der Waals surface area (Å²) in [6.07, 6.45) is 3.08. The molecule has 0 bridgehead atoms. The minimum absolute atomic E-state index is 0.0243. The van der Waals surface area contributed by atoms with Crippen LogP contribution in [-0.2, 0) is 6.42 Å². The maximum Gasteiger partial charge on any atom is 0.292 e. The smallest absolute Gasteiger partial charge is 0.292 e. The van der Waals surface area contributed by atoms with Gasteiger partial charge in [-0.05, 0) is 61.7 Å². The Morgan fingerprint density at radius 1 is 1.17 bits per heavy atom. The highest BCUT2D eigenvalue weighted by Crippen LogP contribution is 2.31. The molecular weight excluding hydrogens is 326 g/mol. The van der Waals surface area contributed by atoms with Gasteiger partial charge in [-0.3, -0.25) is 15.0 Å². The third-order valence-corrected chi connectivity index (χ3v) is 4.81. The fourth-order valence-electron chi connectivity index (χ4n) is 3.29. The van der Waals surface area contributed by atoms with Gasteiger partial charge in [-0.15, -0.1) is 0 Å². The number of nitrogen functional groups attached to an aromatic ring is 1. The predicted molar refractivity (Wildman–Crippen MR) is 96.2 cm³/mol. The largest absolute Gasteiger partial charge is 0.393 e. The molecule has 1 saturated heterocycles. The van der Waals surface area contributed by atoms with Gasteiger partial charge in [0.2, 0.25) is 0 Å². The lowest BCUT2D eigenvalue weighted by Gasteiger charge is -2.28. The number of nitrogens with two attached hydrogens (primary N) is 1. The minimum Gasteiger partial charge on any atom is -0.393 e. The number of nitrogens with zero attached hydrogens (tertiary/aromatic N) is 2. The van der Waals surface area contributed by atoms with Crippen molar-refractivity contribution in [3.8, 4) is 0 Å². The van der Waals surface area contributed by atoms with Gasteiger partial charge in [0.1, 0.15) is 5.69 Å². The molecule has 1 atom stereocenters. The summed E-state index contributed by atoms with van der Waals surface area (Å²) < 4.78 is 0. The van der Waals surface area contributed by atoms with E-state index in [1.165, 1.54) is 18.4 Å². The summed E-state index contributed by atoms with van der Waals surface area (Å²) in [4.78, 5) is 13.1. The van der Waals surface area contributed by atoms with Crippen LogP contribution in [0, 0.1) is 10.1 Å². The Balaban J connectivity index is 1.90. The van der Waals surface area contributed by atoms with Gasteiger partial charge in [-0.1, -0.05) is 29.8 Å². The van der Waals surface area contributed by atoms with Gasteiger partial charge in [0.05, 0.1) is 4.92 Å². The predicted octanol–water partition coefficient (Wildman–Crippen LogP) is 4.21. The molecule has 6 heteroatoms. The monoisotopic (exact) mass is 345 g/mol. The molecule has 0 aliphatic carbocycles. The minimum atomic E-state index is -0.425. The molecule has 0 aromatic heterocycles. The number of hydrogen-bond acceptors (Lipinski definition) is 4. The van der Waals surface area contributed by atoms with Crippen molar-refractivity contribution in [3.05, 3.63) is 68.7 Å². The molecule has 0 saturated carbocycles. The van der Waals surface area contributed by atoms with E-state index in [4.69, 9.17) is 17.3 Å². The number of nitro groups is 1. The summed E-state index contributed by atoms with van der Waals surface area (Å²) in [5.41, 5.74) is 7.98. The van der Waals surface area contributed by atoms with Crippen LogP contribution in [0.1, 0.15) is 30.0 Å². The lowest BCUT2D eigenvalue weighted by atomic mass is 9.97. The Morgan fingerprint density at radius 3 is 2.46 bits per heavy atom. The maximum atomic E-state index is 11.1. The molecule has 1 fully saturated rings. The highest BCUT2D eigenvalue weighted by Gasteiger charge is 2.24. The topological polar surface area (TPSA) is 72.4 Å². The molecule has 2 N–H and O–H groups in total. The summed E-state index contributed by atoms with van der Waals surface area (Å²) in [5, 5.41) is 11.8. The molecular formula is C18H20ClN3O2. The zero-order valence-electron chi connectivity index (χ0n) is 13.3. The Kier molecular flexibility index (Phi) is 5.02. The third kappa shape index (κ3) is 3.68. The van der Waals surface area contributed by atoms with Gasteiger partial charge in [0, 0.05) is 17.1 Å². The van der Waals surface area contributed by atoms with E-state index in [9.17, 15) is 10.1 Å². The van der Waals surface area contributed by atoms with Gasteiger partial charge in [0.25, 0.3) is 5.69 Å². The van der Waals surface area contributed by atoms with Crippen LogP contribution < -0.4 is 5.73 Å². The zero-order chi connectivity index (χ0) is 17.1. The first-order valence-corrected chi connectivity index (χ1v) is 8.44. The Hall–Kier alpha value is -2.11. The molecule has 1 unspecified atom stereocenters. The van der Waals surface area contributed by atoms with E-state index in [-0.39, 0.29) is 17.4 Å². The van der Waals surface area contributed by atoms with E-state index >= 15 is 0 Å². The first kappa shape index (κ1) is 16.7. The summed E-state index contributed by atoms with van der Waals surface area (Å²) in [5.74, 6) is 0. The first-order chi connectivity index (χ1) is 11.5. The fraction of sp³-hybridized carbons (Fsp3) is 0.333. The second kappa shape index (κ2) is 7.20. The molecule has 1 heterocycles. The van der Waals surface area contributed by atoms with E-state index in [2.05, 4.69) is 4.90 Å². The van der Waals surface area contributed by atoms with Crippen LogP contribution in [0.15, 0.2) is 42.5 Å². The van der Waals surface area contributed by atoms with Crippen LogP contribution in [0.4, 0.5) is 11.4 Å². The van der Waals surface area contributed by atoms with E-state index in [0.29, 0.717) is 11.4 Å². The van der Waals surface area contributed by atoms with E-state index in [1.807, 2.05) is 30.3 Å². The van der Waals surface area contributed by atoms with Crippen molar-refractivity contribution < 1.29 is 4.92 Å². The van der Waals surface area contributed by atoms with Crippen LogP contribution in [0.25, 0.3) is 0 Å². The second-order valence-corrected chi connectivity index (χ2v) is 6.60. The van der Waals surface area contributed by atoms with Crippen LogP contribution in [0.3, 0.4) is 0 Å². The van der Waals surface area contributed by atoms with Gasteiger partial charge >= 0.3 is 0 Å². The first-order valence-electron chi connectivity index (χ1n) is 8.07. The van der Waals surface area contributed by atoms with E-state index in [0.717, 1.165) is 18.7 Å². The molecule has 0 spiro atoms. The van der Waals surface area contributed by atoms with Crippen molar-refractivity contribution >= 4 is 23.0 Å². The van der Waals surface area contributed by atoms with Crippen molar-refractivity contribution in [1.29, 1.82) is 0 Å². The van der Waals surface area contributed by atoms with Gasteiger partial charge in [-0.2, -0.15) is 0 Å². The Morgan fingerprint density at radius 2 is 1.83 bits per heavy atom. The summed E-state index contributed by atoms with van der Waals surface area (Å²) in [7, 11) is 0. The maximum absolute atomic E-state index is 11.1. The molecule has 0 radical (unpaired) electrons. The Labute approximate surface area is 146 Å². The molecule has 2 aromatic carbocycles. The highest BCUT2D eigenvalue weighted by atomic mass is 35.5. The third-order valence-electron chi connectivity index (χ3n) is 4.56. The number of anilines is 1. The molecule has 24 heavy (non-hydrogen) atoms. The summed E-state index contributed by atoms with van der Waals surface area (Å²) >= 11 is 6.01. The van der Waals surface area contributed by atoms with Crippen LogP contribution in [0.5, 0.6) is 0 Å². The van der Waals surface area contributed by atoms with Crippen molar-refractivity contribution in [2.24, 2.45) is 0 Å². The SMILES string of the molecule is Nc1ccc(CC(c2ccc(Cl)cc2)N2CCCC2)cc1[N+](=O)[O-]. The van der Waals surface area contributed by atoms with Crippen molar-refractivity contribution in [1.82, 2.24) is 4.90 Å². The molecule has 5 nitrogen and oxygen atoms in total. The molecule has 126 valence electrons. The Bertz CT molecular complexity index is 728. The standard InChI is InChI=1S/C18H20ClN3O2/c19-15-6-4-14(5-7-15)17(21-9-1-2-10-21)11-13-3-8-16(20)18(12-13)22(23)24/h3-8,12,17H,1-2,9-11,20H2. The van der Waals surface area contributed by atoms with Crippen molar-refractivity contribution in [2.75, 3.05) is 18.8 Å². The quantitative estimate of drug-likeness (QED) is 0.500. The van der Waals surface area contributed by atoms with Gasteiger partial charge in [-0.25, -0.2) is 0 Å². The lowest BCUT2D eigenvalue weighted by molar-refractivity contribution is -0.384. The van der Waals surface area contributed by atoms with E-state index < -0.39 is 4.92 Å². The van der Waals surface area contributed by atoms with Crippen LogP contribution in [-0.4, -0.2) is 22.9 Å². The van der Waals surface area contributed by atoms with Crippen molar-refractivity contribution in [3.63, 3.8) is 0 Å². The van der Waals surface area contributed by atoms with Crippen LogP contribution in [0.2, 0.25) is 5.02 Å². The molecule has 3 rings (SSSR count). The number of likely N-dealkylation sites (tertiary alicyclic amines) is 1. The molecule has 0 amide bonds. The summed E-state index contributed by atoms with van der Waals surface area (Å²) in [6, 6.07) is 13.1. The molecule has 2 aromatic rings. The lowest BCUT2D eigenvalue weighted by Crippen LogP contribution is -2.27. The number of rotatable bonds is 5. The molecule has 1 aliphatic heterocycles. The number of nitro benzene ring substituents is 1. The highest BCUT2D eigenvalue weighted by molar-refractivity contribution is 6.30. The average Bonchev–Trinajstić information content (AvgIpc) is 3.09. The van der Waals surface area contributed by atoms with Crippen molar-refractivity contribution in [2.45, 2.75) is 25.3 Å². The zero-order valence-corrected chi connectivity index (χ0v) is 14.1. The number of halogens is 1. The van der Waals surface area contributed by atoms with E-state index in [1.54, 1.807) is 12.1 Å². The van der Waals surface area contributed by atoms with Crippen LogP contribution >= 0.6 is 11.6 Å². The number of benzene rings is 2.